The Morgan fingerprint density at radius 2 is 1.79 bits per heavy atom. The van der Waals surface area contributed by atoms with Crippen molar-refractivity contribution in [2.75, 3.05) is 12.5 Å². The molecule has 0 unspecified atom stereocenters. The highest BCUT2D eigenvalue weighted by molar-refractivity contribution is 7.99. The lowest BCUT2D eigenvalue weighted by atomic mass is 10.3. The van der Waals surface area contributed by atoms with Gasteiger partial charge in [0.2, 0.25) is 0 Å². The molecule has 1 aromatic heterocycles. The number of alkyl halides is 3. The standard InChI is InChI=1S/C8H10F3NS2/c1-12-6(13-2)4-5(7(12)14-3)8(9,10)11/h4H,1-3H3. The number of rotatable bonds is 2. The van der Waals surface area contributed by atoms with Gasteiger partial charge in [-0.3, -0.25) is 0 Å². The van der Waals surface area contributed by atoms with Crippen molar-refractivity contribution < 1.29 is 13.2 Å². The summed E-state index contributed by atoms with van der Waals surface area (Å²) in [5, 5.41) is 0.892. The number of nitrogens with zero attached hydrogens (tertiary/aromatic N) is 1. The summed E-state index contributed by atoms with van der Waals surface area (Å²) in [7, 11) is 1.65. The zero-order valence-electron chi connectivity index (χ0n) is 7.97. The monoisotopic (exact) mass is 241 g/mol. The van der Waals surface area contributed by atoms with Gasteiger partial charge in [-0.2, -0.15) is 13.2 Å². The van der Waals surface area contributed by atoms with E-state index in [0.717, 1.165) is 11.8 Å². The van der Waals surface area contributed by atoms with Crippen LogP contribution >= 0.6 is 23.5 Å². The smallest absolute Gasteiger partial charge is 0.334 e. The lowest BCUT2D eigenvalue weighted by Gasteiger charge is -2.07. The van der Waals surface area contributed by atoms with Crippen LogP contribution < -0.4 is 0 Å². The number of hydrogen-bond acceptors (Lipinski definition) is 2. The maximum atomic E-state index is 12.5. The third-order valence-electron chi connectivity index (χ3n) is 1.84. The maximum Gasteiger partial charge on any atom is 0.419 e. The Labute approximate surface area is 89.1 Å². The summed E-state index contributed by atoms with van der Waals surface area (Å²) in [6.45, 7) is 0. The average molecular weight is 241 g/mol. The molecule has 0 aliphatic heterocycles. The Bertz CT molecular complexity index is 330. The topological polar surface area (TPSA) is 4.93 Å². The van der Waals surface area contributed by atoms with E-state index in [-0.39, 0.29) is 5.03 Å². The molecule has 0 N–H and O–H groups in total. The predicted molar refractivity (Wildman–Crippen MR) is 54.0 cm³/mol. The Kier molecular flexibility index (Phi) is 3.47. The van der Waals surface area contributed by atoms with Crippen molar-refractivity contribution in [1.82, 2.24) is 4.57 Å². The highest BCUT2D eigenvalue weighted by Crippen LogP contribution is 2.39. The predicted octanol–water partition coefficient (Wildman–Crippen LogP) is 3.49. The molecule has 0 fully saturated rings. The molecule has 0 spiro atoms. The third-order valence-corrected chi connectivity index (χ3v) is 3.53. The first-order valence-corrected chi connectivity index (χ1v) is 6.21. The van der Waals surface area contributed by atoms with E-state index in [9.17, 15) is 13.2 Å². The Morgan fingerprint density at radius 3 is 2.07 bits per heavy atom. The van der Waals surface area contributed by atoms with Crippen LogP contribution in [0.2, 0.25) is 0 Å². The van der Waals surface area contributed by atoms with E-state index in [2.05, 4.69) is 0 Å². The van der Waals surface area contributed by atoms with Crippen LogP contribution in [0.1, 0.15) is 5.56 Å². The van der Waals surface area contributed by atoms with E-state index in [1.165, 1.54) is 17.8 Å². The molecule has 0 aliphatic rings. The molecule has 0 aliphatic carbocycles. The van der Waals surface area contributed by atoms with Crippen molar-refractivity contribution in [3.63, 3.8) is 0 Å². The van der Waals surface area contributed by atoms with Crippen molar-refractivity contribution in [2.24, 2.45) is 7.05 Å². The molecule has 1 rings (SSSR count). The highest BCUT2D eigenvalue weighted by Gasteiger charge is 2.36. The van der Waals surface area contributed by atoms with Gasteiger partial charge in [0, 0.05) is 7.05 Å². The summed E-state index contributed by atoms with van der Waals surface area (Å²) in [5.41, 5.74) is -0.545. The van der Waals surface area contributed by atoms with Crippen LogP contribution in [0.3, 0.4) is 0 Å². The van der Waals surface area contributed by atoms with Gasteiger partial charge in [0.05, 0.1) is 15.6 Å². The minimum atomic E-state index is -4.26. The van der Waals surface area contributed by atoms with Gasteiger partial charge in [-0.1, -0.05) is 0 Å². The summed E-state index contributed by atoms with van der Waals surface area (Å²) in [6, 6.07) is 1.19. The first kappa shape index (κ1) is 11.8. The van der Waals surface area contributed by atoms with E-state index >= 15 is 0 Å². The number of hydrogen-bond donors (Lipinski definition) is 0. The molecule has 0 atom stereocenters. The van der Waals surface area contributed by atoms with Crippen LogP contribution in [-0.2, 0) is 13.2 Å². The van der Waals surface area contributed by atoms with Crippen molar-refractivity contribution in [3.05, 3.63) is 11.6 Å². The molecule has 0 saturated heterocycles. The SMILES string of the molecule is CSc1cc(C(F)(F)F)c(SC)n1C. The first-order chi connectivity index (χ1) is 6.41. The van der Waals surface area contributed by atoms with Gasteiger partial charge in [0.1, 0.15) is 0 Å². The lowest BCUT2D eigenvalue weighted by Crippen LogP contribution is -2.05. The normalized spacial score (nSPS) is 12.1. The summed E-state index contributed by atoms with van der Waals surface area (Å²) < 4.78 is 39.2. The summed E-state index contributed by atoms with van der Waals surface area (Å²) in [6.07, 6.45) is -0.849. The molecule has 6 heteroatoms. The number of thioether (sulfide) groups is 2. The maximum absolute atomic E-state index is 12.5. The molecule has 1 heterocycles. The second-order valence-electron chi connectivity index (χ2n) is 2.67. The van der Waals surface area contributed by atoms with Crippen LogP contribution in [0.15, 0.2) is 16.1 Å². The van der Waals surface area contributed by atoms with Crippen LogP contribution in [0, 0.1) is 0 Å². The van der Waals surface area contributed by atoms with E-state index in [4.69, 9.17) is 0 Å². The minimum absolute atomic E-state index is 0.266. The Balaban J connectivity index is 3.30. The largest absolute Gasteiger partial charge is 0.419 e. The highest BCUT2D eigenvalue weighted by atomic mass is 32.2. The molecular weight excluding hydrogens is 231 g/mol. The van der Waals surface area contributed by atoms with Crippen molar-refractivity contribution in [1.29, 1.82) is 0 Å². The van der Waals surface area contributed by atoms with Gasteiger partial charge < -0.3 is 4.57 Å². The zero-order chi connectivity index (χ0) is 10.9. The zero-order valence-corrected chi connectivity index (χ0v) is 9.61. The fourth-order valence-corrected chi connectivity index (χ4v) is 2.63. The van der Waals surface area contributed by atoms with Crippen molar-refractivity contribution in [2.45, 2.75) is 16.2 Å². The molecule has 80 valence electrons. The molecule has 1 aromatic rings. The summed E-state index contributed by atoms with van der Waals surface area (Å²) in [4.78, 5) is 0. The molecule has 14 heavy (non-hydrogen) atoms. The van der Waals surface area contributed by atoms with Gasteiger partial charge in [-0.15, -0.1) is 23.5 Å². The third kappa shape index (κ3) is 2.06. The summed E-state index contributed by atoms with van der Waals surface area (Å²) in [5.74, 6) is 0. The first-order valence-electron chi connectivity index (χ1n) is 3.76. The minimum Gasteiger partial charge on any atom is -0.334 e. The molecular formula is C8H10F3NS2. The Morgan fingerprint density at radius 1 is 1.21 bits per heavy atom. The second-order valence-corrected chi connectivity index (χ2v) is 4.29. The van der Waals surface area contributed by atoms with Crippen molar-refractivity contribution >= 4 is 23.5 Å². The fraction of sp³-hybridized carbons (Fsp3) is 0.500. The molecule has 0 radical (unpaired) electrons. The molecule has 0 aromatic carbocycles. The summed E-state index contributed by atoms with van der Waals surface area (Å²) >= 11 is 2.43. The van der Waals surface area contributed by atoms with E-state index in [0.29, 0.717) is 5.03 Å². The van der Waals surface area contributed by atoms with Crippen molar-refractivity contribution in [3.8, 4) is 0 Å². The second kappa shape index (κ2) is 4.10. The molecule has 0 amide bonds. The van der Waals surface area contributed by atoms with E-state index < -0.39 is 11.7 Å². The van der Waals surface area contributed by atoms with Crippen LogP contribution in [-0.4, -0.2) is 17.1 Å². The van der Waals surface area contributed by atoms with Gasteiger partial charge in [-0.25, -0.2) is 0 Å². The lowest BCUT2D eigenvalue weighted by molar-refractivity contribution is -0.139. The van der Waals surface area contributed by atoms with Gasteiger partial charge in [0.25, 0.3) is 0 Å². The number of halogens is 3. The van der Waals surface area contributed by atoms with E-state index in [1.807, 2.05) is 0 Å². The molecule has 1 nitrogen and oxygen atoms in total. The van der Waals surface area contributed by atoms with Crippen LogP contribution in [0.4, 0.5) is 13.2 Å². The molecule has 0 saturated carbocycles. The average Bonchev–Trinajstić information content (AvgIpc) is 2.41. The number of aromatic nitrogens is 1. The quantitative estimate of drug-likeness (QED) is 0.730. The Hall–Kier alpha value is -0.230. The van der Waals surface area contributed by atoms with E-state index in [1.54, 1.807) is 24.1 Å². The van der Waals surface area contributed by atoms with Crippen LogP contribution in [0.5, 0.6) is 0 Å². The van der Waals surface area contributed by atoms with Gasteiger partial charge in [-0.05, 0) is 18.6 Å². The molecule has 0 bridgehead atoms. The van der Waals surface area contributed by atoms with Gasteiger partial charge >= 0.3 is 6.18 Å². The van der Waals surface area contributed by atoms with Gasteiger partial charge in [0.15, 0.2) is 0 Å². The van der Waals surface area contributed by atoms with Crippen LogP contribution in [0.25, 0.3) is 0 Å². The fourth-order valence-electron chi connectivity index (χ4n) is 1.21.